The first-order valence-electron chi connectivity index (χ1n) is 30.9. The van der Waals surface area contributed by atoms with Crippen molar-refractivity contribution in [2.45, 2.75) is 72.4 Å². The van der Waals surface area contributed by atoms with Gasteiger partial charge in [0.2, 0.25) is 30.1 Å². The van der Waals surface area contributed by atoms with Crippen LogP contribution >= 0.6 is 33.9 Å². The number of hydrogen-bond donors (Lipinski definition) is 1. The van der Waals surface area contributed by atoms with E-state index < -0.39 is 45.1 Å². The van der Waals surface area contributed by atoms with E-state index in [4.69, 9.17) is 67.0 Å². The standard InChI is InChI=1S/C24H26N2O6S.C22H24N2O5S.C21H21ClN2O4S.C5H3Cl2NO2S/c1-4-32-24(27)23-14-13-22(15-25-23)33(28,29)26(16-18-5-9-20(30-2)10-6-18)17-19-7-11-21(31-3)12-8-19;1-28-20-8-3-17(4-9-20)14-24(15-18-5-10-21(29-2)11-6-18)30(26,27)22-12-7-19(16-25)23-13-22;1-27-18-7-3-16(4-8-18)14-24(15-17-5-9-19(28-2)10-6-17)29(25,26)20-11-12-21(22)23-13-20;6-5-2-1-4(3-8-5)11(7,9)10/h5-15H,4,16-17H2,1-3H3;3-13,25H,14-16H2,1-2H3;3-13H,14-15H2,1-2H3;1-3H. The van der Waals surface area contributed by atoms with Crippen LogP contribution in [0, 0.1) is 0 Å². The van der Waals surface area contributed by atoms with Gasteiger partial charge in [-0.3, -0.25) is 4.98 Å². The molecule has 0 aliphatic carbocycles. The van der Waals surface area contributed by atoms with Crippen molar-refractivity contribution in [2.75, 3.05) is 49.3 Å². The third kappa shape index (κ3) is 24.2. The minimum atomic E-state index is -3.93. The zero-order valence-corrected chi connectivity index (χ0v) is 62.4. The number of nitrogens with zero attached hydrogens (tertiary/aromatic N) is 7. The number of rotatable bonds is 28. The average molecular weight is 1540 g/mol. The molecule has 0 spiro atoms. The van der Waals surface area contributed by atoms with Gasteiger partial charge in [-0.05, 0) is 162 Å². The van der Waals surface area contributed by atoms with Crippen LogP contribution < -0.4 is 28.4 Å². The second-order valence-corrected chi connectivity index (χ2v) is 30.9. The van der Waals surface area contributed by atoms with Gasteiger partial charge in [-0.1, -0.05) is 96.0 Å². The first-order valence-corrected chi connectivity index (χ1v) is 38.3. The maximum absolute atomic E-state index is 13.5. The number of halogens is 3. The summed E-state index contributed by atoms with van der Waals surface area (Å²) in [6.45, 7) is 2.67. The highest BCUT2D eigenvalue weighted by Gasteiger charge is 2.29. The van der Waals surface area contributed by atoms with Crippen LogP contribution in [0.25, 0.3) is 0 Å². The van der Waals surface area contributed by atoms with Gasteiger partial charge in [0, 0.05) is 74.7 Å². The van der Waals surface area contributed by atoms with Gasteiger partial charge in [-0.2, -0.15) is 12.9 Å². The van der Waals surface area contributed by atoms with E-state index in [0.717, 1.165) is 39.6 Å². The summed E-state index contributed by atoms with van der Waals surface area (Å²) in [5.74, 6) is 3.58. The number of pyridine rings is 4. The molecule has 1 N–H and O–H groups in total. The number of hydrogen-bond acceptors (Lipinski definition) is 21. The zero-order chi connectivity index (χ0) is 74.7. The summed E-state index contributed by atoms with van der Waals surface area (Å²) >= 11 is 11.2. The van der Waals surface area contributed by atoms with Crippen molar-refractivity contribution < 1.29 is 76.7 Å². The molecule has 0 fully saturated rings. The lowest BCUT2D eigenvalue weighted by atomic mass is 10.2. The number of ether oxygens (including phenoxy) is 7. The highest BCUT2D eigenvalue weighted by atomic mass is 35.7. The van der Waals surface area contributed by atoms with E-state index in [1.54, 1.807) is 122 Å². The maximum atomic E-state index is 13.5. The predicted molar refractivity (Wildman–Crippen MR) is 389 cm³/mol. The van der Waals surface area contributed by atoms with Crippen LogP contribution in [0.3, 0.4) is 0 Å². The lowest BCUT2D eigenvalue weighted by molar-refractivity contribution is 0.0519. The smallest absolute Gasteiger partial charge is 0.356 e. The van der Waals surface area contributed by atoms with E-state index in [0.29, 0.717) is 40.2 Å². The summed E-state index contributed by atoms with van der Waals surface area (Å²) in [4.78, 5) is 27.4. The van der Waals surface area contributed by atoms with E-state index in [9.17, 15) is 43.6 Å². The Bertz CT molecular complexity index is 4640. The van der Waals surface area contributed by atoms with Crippen LogP contribution in [0.4, 0.5) is 0 Å². The second-order valence-electron chi connectivity index (χ2n) is 21.7. The summed E-state index contributed by atoms with van der Waals surface area (Å²) < 4.78 is 142. The molecule has 0 aliphatic rings. The molecule has 6 aromatic carbocycles. The summed E-state index contributed by atoms with van der Waals surface area (Å²) in [7, 11) is -0.739. The fourth-order valence-corrected chi connectivity index (χ4v) is 14.3. The molecule has 0 amide bonds. The van der Waals surface area contributed by atoms with E-state index in [1.807, 2.05) is 72.8 Å². The lowest BCUT2D eigenvalue weighted by Crippen LogP contribution is -2.30. The van der Waals surface area contributed by atoms with Gasteiger partial charge in [0.25, 0.3) is 9.05 Å². The quantitative estimate of drug-likeness (QED) is 0.0271. The van der Waals surface area contributed by atoms with Crippen molar-refractivity contribution in [3.8, 4) is 34.5 Å². The molecule has 4 aromatic heterocycles. The van der Waals surface area contributed by atoms with Crippen LogP contribution in [-0.4, -0.2) is 127 Å². The highest BCUT2D eigenvalue weighted by Crippen LogP contribution is 2.28. The Balaban J connectivity index is 0.000000201. The van der Waals surface area contributed by atoms with Gasteiger partial charge in [0.05, 0.1) is 61.6 Å². The van der Waals surface area contributed by atoms with E-state index in [1.165, 1.54) is 80.0 Å². The SMILES string of the molecule is CCOC(=O)c1ccc(S(=O)(=O)N(Cc2ccc(OC)cc2)Cc2ccc(OC)cc2)cn1.COc1ccc(CN(Cc2ccc(OC)cc2)S(=O)(=O)c2ccc(CO)nc2)cc1.COc1ccc(CN(Cc2ccc(OC)cc2)S(=O)(=O)c2ccc(Cl)nc2)cc1.O=S(=O)(Cl)c1ccc(Cl)nc1. The number of benzene rings is 6. The molecule has 4 heterocycles. The molecule has 0 bridgehead atoms. The zero-order valence-electron chi connectivity index (χ0n) is 56.8. The molecule has 24 nitrogen and oxygen atoms in total. The van der Waals surface area contributed by atoms with Gasteiger partial charge >= 0.3 is 5.97 Å². The van der Waals surface area contributed by atoms with E-state index in [2.05, 4.69) is 19.9 Å². The summed E-state index contributed by atoms with van der Waals surface area (Å²) in [5.41, 5.74) is 5.38. The van der Waals surface area contributed by atoms with Crippen LogP contribution in [0.2, 0.25) is 10.3 Å². The Morgan fingerprint density at radius 2 is 0.612 bits per heavy atom. The molecule has 0 unspecified atom stereocenters. The van der Waals surface area contributed by atoms with E-state index >= 15 is 0 Å². The van der Waals surface area contributed by atoms with E-state index in [-0.39, 0.29) is 88.1 Å². The van der Waals surface area contributed by atoms with Crippen molar-refractivity contribution in [2.24, 2.45) is 0 Å². The van der Waals surface area contributed by atoms with Crippen molar-refractivity contribution in [1.29, 1.82) is 0 Å². The van der Waals surface area contributed by atoms with Gasteiger partial charge < -0.3 is 38.3 Å². The molecule has 0 saturated heterocycles. The second kappa shape index (κ2) is 38.8. The largest absolute Gasteiger partial charge is 0.497 e. The number of aliphatic hydroxyl groups excluding tert-OH is 1. The number of aromatic nitrogens is 4. The molecule has 0 saturated carbocycles. The summed E-state index contributed by atoms with van der Waals surface area (Å²) in [5, 5.41) is 9.64. The molecule has 0 aliphatic heterocycles. The fraction of sp³-hybridized carbons (Fsp3) is 0.208. The summed E-state index contributed by atoms with van der Waals surface area (Å²) in [6.07, 6.45) is 4.82. The normalized spacial score (nSPS) is 11.4. The minimum Gasteiger partial charge on any atom is -0.497 e. The van der Waals surface area contributed by atoms with Gasteiger partial charge in [0.15, 0.2) is 0 Å². The number of carbonyl (C=O) groups is 1. The first kappa shape index (κ1) is 81.0. The number of sulfonamides is 3. The lowest BCUT2D eigenvalue weighted by Gasteiger charge is -2.23. The number of methoxy groups -OCH3 is 6. The van der Waals surface area contributed by atoms with Crippen LogP contribution in [0.1, 0.15) is 56.5 Å². The Morgan fingerprint density at radius 3 is 0.816 bits per heavy atom. The minimum absolute atomic E-state index is 0.0161. The highest BCUT2D eigenvalue weighted by molar-refractivity contribution is 8.13. The van der Waals surface area contributed by atoms with Gasteiger partial charge in [-0.25, -0.2) is 53.4 Å². The fourth-order valence-electron chi connectivity index (χ4n) is 9.27. The molecular weight excluding hydrogens is 1470 g/mol. The Hall–Kier alpha value is -9.30. The molecular formula is C72H74Cl3N7O17S4. The molecule has 10 rings (SSSR count). The Morgan fingerprint density at radius 1 is 0.359 bits per heavy atom. The first-order chi connectivity index (χ1) is 49.2. The van der Waals surface area contributed by atoms with Crippen LogP contribution in [0.5, 0.6) is 34.5 Å². The van der Waals surface area contributed by atoms with Crippen LogP contribution in [-0.2, 0) is 89.7 Å². The number of carbonyl (C=O) groups excluding carboxylic acids is 1. The topological polar surface area (TPSA) is 300 Å². The average Bonchev–Trinajstić information content (AvgIpc) is 0.811. The van der Waals surface area contributed by atoms with Crippen molar-refractivity contribution in [3.63, 3.8) is 0 Å². The maximum Gasteiger partial charge on any atom is 0.356 e. The van der Waals surface area contributed by atoms with Crippen molar-refractivity contribution in [3.05, 3.63) is 274 Å². The number of aliphatic hydroxyl groups is 1. The number of esters is 1. The third-order valence-corrected chi connectivity index (χ3v) is 22.0. The monoisotopic (exact) mass is 1540 g/mol. The molecule has 0 radical (unpaired) electrons. The molecule has 31 heteroatoms. The Kier molecular flexibility index (Phi) is 30.5. The molecule has 0 atom stereocenters. The van der Waals surface area contributed by atoms with Gasteiger partial charge in [0.1, 0.15) is 70.1 Å². The summed E-state index contributed by atoms with van der Waals surface area (Å²) in [6, 6.07) is 54.8. The Labute approximate surface area is 614 Å². The predicted octanol–water partition coefficient (Wildman–Crippen LogP) is 12.5. The van der Waals surface area contributed by atoms with Crippen molar-refractivity contribution >= 4 is 79.0 Å². The van der Waals surface area contributed by atoms with Gasteiger partial charge in [-0.15, -0.1) is 0 Å². The van der Waals surface area contributed by atoms with Crippen LogP contribution in [0.15, 0.2) is 238 Å². The van der Waals surface area contributed by atoms with Crippen molar-refractivity contribution in [1.82, 2.24) is 32.9 Å². The molecule has 10 aromatic rings. The molecule has 544 valence electrons. The molecule has 103 heavy (non-hydrogen) atoms. The third-order valence-electron chi connectivity index (χ3n) is 14.9.